The molecule has 34 heavy (non-hydrogen) atoms. The molecule has 0 aromatic carbocycles. The minimum atomic E-state index is -1.000. The van der Waals surface area contributed by atoms with Gasteiger partial charge in [-0.25, -0.2) is 0 Å². The van der Waals surface area contributed by atoms with Gasteiger partial charge in [0.25, 0.3) is 0 Å². The van der Waals surface area contributed by atoms with Crippen LogP contribution in [-0.4, -0.2) is 59.6 Å². The van der Waals surface area contributed by atoms with Crippen LogP contribution in [0.15, 0.2) is 0 Å². The molecular formula is C26H48O8. The van der Waals surface area contributed by atoms with Crippen molar-refractivity contribution in [2.45, 2.75) is 135 Å². The lowest BCUT2D eigenvalue weighted by Gasteiger charge is -2.22. The van der Waals surface area contributed by atoms with E-state index in [2.05, 4.69) is 6.92 Å². The SMILES string of the molecule is CCCCCCCCCCCCC[C@@H](CC[C@H](CC(=O)OC(CO)CO)OC(C)=O)OC(C)=O. The predicted octanol–water partition coefficient (Wildman–Crippen LogP) is 4.62. The maximum absolute atomic E-state index is 12.0. The van der Waals surface area contributed by atoms with E-state index < -0.39 is 37.4 Å². The van der Waals surface area contributed by atoms with Gasteiger partial charge < -0.3 is 24.4 Å². The van der Waals surface area contributed by atoms with Crippen molar-refractivity contribution in [1.29, 1.82) is 0 Å². The van der Waals surface area contributed by atoms with Crippen LogP contribution in [0.1, 0.15) is 117 Å². The molecule has 0 aliphatic carbocycles. The fourth-order valence-corrected chi connectivity index (χ4v) is 3.89. The van der Waals surface area contributed by atoms with E-state index in [-0.39, 0.29) is 18.5 Å². The summed E-state index contributed by atoms with van der Waals surface area (Å²) in [5, 5.41) is 18.1. The molecule has 0 heterocycles. The third kappa shape index (κ3) is 19.8. The highest BCUT2D eigenvalue weighted by atomic mass is 16.6. The van der Waals surface area contributed by atoms with Crippen LogP contribution in [0.5, 0.6) is 0 Å². The molecule has 0 fully saturated rings. The lowest BCUT2D eigenvalue weighted by molar-refractivity contribution is -0.161. The largest absolute Gasteiger partial charge is 0.463 e. The quantitative estimate of drug-likeness (QED) is 0.129. The molecule has 0 saturated heterocycles. The van der Waals surface area contributed by atoms with Gasteiger partial charge in [-0.05, 0) is 25.7 Å². The normalized spacial score (nSPS) is 12.9. The molecule has 0 saturated carbocycles. The highest BCUT2D eigenvalue weighted by Gasteiger charge is 2.23. The molecule has 0 bridgehead atoms. The van der Waals surface area contributed by atoms with Gasteiger partial charge in [-0.1, -0.05) is 71.1 Å². The molecule has 8 heteroatoms. The molecule has 2 N–H and O–H groups in total. The zero-order chi connectivity index (χ0) is 25.6. The van der Waals surface area contributed by atoms with Crippen molar-refractivity contribution in [2.75, 3.05) is 13.2 Å². The standard InChI is InChI=1S/C26H48O8/c1-4-5-6-7-8-9-10-11-12-13-14-15-23(32-21(2)29)16-17-24(33-22(3)30)18-26(31)34-25(19-27)20-28/h23-25,27-28H,4-20H2,1-3H3/t23-,24+/m0/s1. The van der Waals surface area contributed by atoms with Crippen molar-refractivity contribution in [2.24, 2.45) is 0 Å². The molecular weight excluding hydrogens is 440 g/mol. The Balaban J connectivity index is 4.34. The van der Waals surface area contributed by atoms with E-state index in [0.717, 1.165) is 19.3 Å². The lowest BCUT2D eigenvalue weighted by atomic mass is 10.0. The van der Waals surface area contributed by atoms with Gasteiger partial charge in [-0.2, -0.15) is 0 Å². The summed E-state index contributed by atoms with van der Waals surface area (Å²) in [5.74, 6) is -1.55. The summed E-state index contributed by atoms with van der Waals surface area (Å²) >= 11 is 0. The van der Waals surface area contributed by atoms with Gasteiger partial charge >= 0.3 is 17.9 Å². The number of aliphatic hydroxyl groups excluding tert-OH is 2. The van der Waals surface area contributed by atoms with Gasteiger partial charge in [0.05, 0.1) is 19.6 Å². The van der Waals surface area contributed by atoms with Gasteiger partial charge in [0.1, 0.15) is 18.3 Å². The molecule has 0 unspecified atom stereocenters. The van der Waals surface area contributed by atoms with Crippen molar-refractivity contribution < 1.29 is 38.8 Å². The molecule has 0 aromatic heterocycles. The van der Waals surface area contributed by atoms with Crippen molar-refractivity contribution in [3.8, 4) is 0 Å². The van der Waals surface area contributed by atoms with Crippen LogP contribution in [0, 0.1) is 0 Å². The Morgan fingerprint density at radius 1 is 0.588 bits per heavy atom. The van der Waals surface area contributed by atoms with E-state index in [0.29, 0.717) is 12.8 Å². The maximum atomic E-state index is 12.0. The van der Waals surface area contributed by atoms with Crippen LogP contribution >= 0.6 is 0 Å². The van der Waals surface area contributed by atoms with Crippen LogP contribution in [-0.2, 0) is 28.6 Å². The summed E-state index contributed by atoms with van der Waals surface area (Å²) in [6.07, 6.45) is 12.9. The van der Waals surface area contributed by atoms with Crippen LogP contribution in [0.4, 0.5) is 0 Å². The Morgan fingerprint density at radius 3 is 1.50 bits per heavy atom. The molecule has 0 aliphatic heterocycles. The van der Waals surface area contributed by atoms with Crippen molar-refractivity contribution in [3.05, 3.63) is 0 Å². The van der Waals surface area contributed by atoms with Gasteiger partial charge in [-0.15, -0.1) is 0 Å². The van der Waals surface area contributed by atoms with E-state index in [4.69, 9.17) is 24.4 Å². The number of rotatable bonds is 22. The van der Waals surface area contributed by atoms with E-state index >= 15 is 0 Å². The van der Waals surface area contributed by atoms with E-state index in [1.165, 1.54) is 71.6 Å². The average molecular weight is 489 g/mol. The second kappa shape index (κ2) is 21.8. The second-order valence-corrected chi connectivity index (χ2v) is 9.05. The minimum Gasteiger partial charge on any atom is -0.463 e. The summed E-state index contributed by atoms with van der Waals surface area (Å²) in [6.45, 7) is 3.88. The highest BCUT2D eigenvalue weighted by Crippen LogP contribution is 2.19. The fourth-order valence-electron chi connectivity index (χ4n) is 3.89. The lowest BCUT2D eigenvalue weighted by Crippen LogP contribution is -2.29. The van der Waals surface area contributed by atoms with Crippen LogP contribution in [0.3, 0.4) is 0 Å². The maximum Gasteiger partial charge on any atom is 0.309 e. The Labute approximate surface area is 205 Å². The third-order valence-corrected chi connectivity index (χ3v) is 5.71. The van der Waals surface area contributed by atoms with Gasteiger partial charge in [-0.3, -0.25) is 14.4 Å². The zero-order valence-electron chi connectivity index (χ0n) is 21.6. The Hall–Kier alpha value is -1.67. The molecule has 0 amide bonds. The number of carbonyl (C=O) groups excluding carboxylic acids is 3. The first-order chi connectivity index (χ1) is 16.3. The molecule has 0 aliphatic rings. The minimum absolute atomic E-state index is 0.193. The van der Waals surface area contributed by atoms with Crippen LogP contribution < -0.4 is 0 Å². The average Bonchev–Trinajstić information content (AvgIpc) is 2.78. The number of aliphatic hydroxyl groups is 2. The molecule has 2 atom stereocenters. The number of esters is 3. The second-order valence-electron chi connectivity index (χ2n) is 9.05. The third-order valence-electron chi connectivity index (χ3n) is 5.71. The summed E-state index contributed by atoms with van der Waals surface area (Å²) in [5.41, 5.74) is 0. The number of hydrogen-bond acceptors (Lipinski definition) is 8. The van der Waals surface area contributed by atoms with Crippen molar-refractivity contribution in [1.82, 2.24) is 0 Å². The summed E-state index contributed by atoms with van der Waals surface area (Å²) in [7, 11) is 0. The van der Waals surface area contributed by atoms with Crippen molar-refractivity contribution in [3.63, 3.8) is 0 Å². The van der Waals surface area contributed by atoms with Crippen LogP contribution in [0.2, 0.25) is 0 Å². The molecule has 0 spiro atoms. The summed E-state index contributed by atoms with van der Waals surface area (Å²) in [6, 6.07) is 0. The highest BCUT2D eigenvalue weighted by molar-refractivity contribution is 5.71. The first kappa shape index (κ1) is 32.3. The zero-order valence-corrected chi connectivity index (χ0v) is 21.6. The first-order valence-electron chi connectivity index (χ1n) is 13.1. The van der Waals surface area contributed by atoms with E-state index in [1.54, 1.807) is 0 Å². The predicted molar refractivity (Wildman–Crippen MR) is 130 cm³/mol. The number of hydrogen-bond donors (Lipinski definition) is 2. The molecule has 8 nitrogen and oxygen atoms in total. The molecule has 0 rings (SSSR count). The van der Waals surface area contributed by atoms with Gasteiger partial charge in [0, 0.05) is 13.8 Å². The Bertz CT molecular complexity index is 533. The topological polar surface area (TPSA) is 119 Å². The molecule has 0 radical (unpaired) electrons. The fraction of sp³-hybridized carbons (Fsp3) is 0.885. The molecule has 200 valence electrons. The Morgan fingerprint density at radius 2 is 1.03 bits per heavy atom. The smallest absolute Gasteiger partial charge is 0.309 e. The number of carbonyl (C=O) groups is 3. The van der Waals surface area contributed by atoms with E-state index in [9.17, 15) is 14.4 Å². The first-order valence-corrected chi connectivity index (χ1v) is 13.1. The van der Waals surface area contributed by atoms with Gasteiger partial charge in [0.15, 0.2) is 0 Å². The molecule has 0 aromatic rings. The monoisotopic (exact) mass is 488 g/mol. The van der Waals surface area contributed by atoms with Crippen molar-refractivity contribution >= 4 is 17.9 Å². The number of ether oxygens (including phenoxy) is 3. The van der Waals surface area contributed by atoms with Crippen LogP contribution in [0.25, 0.3) is 0 Å². The Kier molecular flexibility index (Phi) is 20.8. The number of unbranched alkanes of at least 4 members (excludes halogenated alkanes) is 10. The summed E-state index contributed by atoms with van der Waals surface area (Å²) < 4.78 is 15.6. The van der Waals surface area contributed by atoms with Gasteiger partial charge in [0.2, 0.25) is 0 Å². The van der Waals surface area contributed by atoms with E-state index in [1.807, 2.05) is 0 Å². The summed E-state index contributed by atoms with van der Waals surface area (Å²) in [4.78, 5) is 35.0.